The van der Waals surface area contributed by atoms with Gasteiger partial charge in [0.25, 0.3) is 5.91 Å². The normalized spacial score (nSPS) is 9.89. The summed E-state index contributed by atoms with van der Waals surface area (Å²) in [5.74, 6) is -1.98. The van der Waals surface area contributed by atoms with Crippen molar-refractivity contribution in [3.8, 4) is 0 Å². The van der Waals surface area contributed by atoms with E-state index in [0.29, 0.717) is 5.69 Å². The van der Waals surface area contributed by atoms with E-state index >= 15 is 0 Å². The first-order chi connectivity index (χ1) is 8.97. The molecule has 0 fully saturated rings. The van der Waals surface area contributed by atoms with Crippen LogP contribution in [0.2, 0.25) is 0 Å². The predicted molar refractivity (Wildman–Crippen MR) is 63.8 cm³/mol. The van der Waals surface area contributed by atoms with Crippen LogP contribution < -0.4 is 15.5 Å². The maximum absolute atomic E-state index is 11.2. The highest BCUT2D eigenvalue weighted by molar-refractivity contribution is 7.07. The van der Waals surface area contributed by atoms with Crippen LogP contribution in [0, 0.1) is 0 Å². The van der Waals surface area contributed by atoms with E-state index in [1.54, 1.807) is 5.38 Å². The molecule has 1 aromatic rings. The lowest BCUT2D eigenvalue weighted by Gasteiger charge is -2.05. The topological polar surface area (TPSA) is 138 Å². The van der Waals surface area contributed by atoms with E-state index in [1.807, 2.05) is 5.32 Å². The van der Waals surface area contributed by atoms with Gasteiger partial charge in [-0.05, 0) is 0 Å². The highest BCUT2D eigenvalue weighted by Crippen LogP contribution is 1.93. The molecule has 10 heteroatoms. The number of ether oxygens (including phenoxy) is 1. The van der Waals surface area contributed by atoms with Gasteiger partial charge in [-0.3, -0.25) is 14.9 Å². The molecule has 0 aliphatic heterocycles. The number of rotatable bonds is 6. The number of thiazole rings is 1. The summed E-state index contributed by atoms with van der Waals surface area (Å²) in [5, 5.41) is 14.1. The summed E-state index contributed by atoms with van der Waals surface area (Å²) >= 11 is 0.958. The van der Waals surface area contributed by atoms with Crippen LogP contribution in [0.15, 0.2) is 10.2 Å². The Morgan fingerprint density at radius 1 is 1.37 bits per heavy atom. The number of aromatic nitrogens is 1. The lowest BCUT2D eigenvalue weighted by molar-refractivity contribution is -0.143. The summed E-state index contributed by atoms with van der Waals surface area (Å²) in [7, 11) is 0. The molecule has 0 radical (unpaired) electrons. The molecule has 0 aliphatic rings. The summed E-state index contributed by atoms with van der Waals surface area (Å²) in [6.07, 6.45) is 0. The number of carbonyl (C=O) groups excluding carboxylic acids is 2. The monoisotopic (exact) mass is 289 g/mol. The Morgan fingerprint density at radius 3 is 2.68 bits per heavy atom. The number of urea groups is 1. The zero-order chi connectivity index (χ0) is 14.3. The second-order valence-electron chi connectivity index (χ2n) is 3.29. The van der Waals surface area contributed by atoms with E-state index in [2.05, 4.69) is 15.0 Å². The summed E-state index contributed by atoms with van der Waals surface area (Å²) in [5.41, 5.74) is 0.514. The van der Waals surface area contributed by atoms with Crippen molar-refractivity contribution in [3.63, 3.8) is 0 Å². The summed E-state index contributed by atoms with van der Waals surface area (Å²) in [6.45, 7) is -1.09. The molecule has 1 heterocycles. The van der Waals surface area contributed by atoms with Crippen molar-refractivity contribution >= 4 is 29.2 Å². The molecule has 0 unspecified atom stereocenters. The largest absolute Gasteiger partial charge is 0.480 e. The van der Waals surface area contributed by atoms with Crippen LogP contribution in [0.5, 0.6) is 0 Å². The average Bonchev–Trinajstić information content (AvgIpc) is 2.72. The van der Waals surface area contributed by atoms with Gasteiger partial charge in [-0.1, -0.05) is 11.3 Å². The molecule has 0 saturated carbocycles. The maximum Gasteiger partial charge on any atom is 0.329 e. The van der Waals surface area contributed by atoms with Gasteiger partial charge in [0, 0.05) is 11.1 Å². The van der Waals surface area contributed by atoms with Crippen molar-refractivity contribution in [2.24, 2.45) is 0 Å². The summed E-state index contributed by atoms with van der Waals surface area (Å²) < 4.78 is 4.49. The number of hydrogen-bond donors (Lipinski definition) is 4. The molecule has 0 saturated heterocycles. The minimum absolute atomic E-state index is 0.0633. The summed E-state index contributed by atoms with van der Waals surface area (Å²) in [6, 6.07) is -0.768. The van der Waals surface area contributed by atoms with Crippen molar-refractivity contribution in [3.05, 3.63) is 20.7 Å². The Labute approximate surface area is 110 Å². The zero-order valence-electron chi connectivity index (χ0n) is 9.60. The highest BCUT2D eigenvalue weighted by atomic mass is 32.1. The molecule has 3 amide bonds. The molecule has 0 aliphatic carbocycles. The molecular formula is C9H11N3O6S. The van der Waals surface area contributed by atoms with Gasteiger partial charge in [-0.25, -0.2) is 9.59 Å². The van der Waals surface area contributed by atoms with E-state index in [9.17, 15) is 19.2 Å². The Hall–Kier alpha value is -2.20. The second kappa shape index (κ2) is 7.28. The third kappa shape index (κ3) is 6.33. The van der Waals surface area contributed by atoms with Crippen LogP contribution >= 0.6 is 11.3 Å². The number of imide groups is 1. The molecule has 4 N–H and O–H groups in total. The predicted octanol–water partition coefficient (Wildman–Crippen LogP) is -1.14. The fourth-order valence-corrected chi connectivity index (χ4v) is 1.60. The van der Waals surface area contributed by atoms with Gasteiger partial charge in [0.2, 0.25) is 0 Å². The van der Waals surface area contributed by atoms with Crippen LogP contribution in [0.4, 0.5) is 4.79 Å². The van der Waals surface area contributed by atoms with E-state index in [0.717, 1.165) is 11.3 Å². The van der Waals surface area contributed by atoms with Gasteiger partial charge in [0.15, 0.2) is 0 Å². The van der Waals surface area contributed by atoms with Crippen molar-refractivity contribution in [2.75, 3.05) is 13.2 Å². The number of carboxylic acid groups (broad SMARTS) is 1. The first-order valence-electron chi connectivity index (χ1n) is 5.01. The van der Waals surface area contributed by atoms with E-state index in [4.69, 9.17) is 5.11 Å². The van der Waals surface area contributed by atoms with Gasteiger partial charge in [-0.2, -0.15) is 0 Å². The minimum atomic E-state index is -1.21. The molecule has 19 heavy (non-hydrogen) atoms. The second-order valence-corrected chi connectivity index (χ2v) is 4.13. The SMILES string of the molecule is O=C(O)COCC(=O)NC(=O)NCc1csc(=O)[nH]1. The number of carbonyl (C=O) groups is 3. The third-order valence-corrected chi connectivity index (χ3v) is 2.44. The Bertz CT molecular complexity index is 522. The Kier molecular flexibility index (Phi) is 5.70. The first kappa shape index (κ1) is 14.9. The lowest BCUT2D eigenvalue weighted by Crippen LogP contribution is -2.41. The molecule has 0 aromatic carbocycles. The van der Waals surface area contributed by atoms with Gasteiger partial charge in [-0.15, -0.1) is 0 Å². The van der Waals surface area contributed by atoms with Crippen LogP contribution in [0.3, 0.4) is 0 Å². The standard InChI is InChI=1S/C9H11N3O6S/c13-6(2-18-3-7(14)15)12-8(16)10-1-5-4-19-9(17)11-5/h4H,1-3H2,(H,11,17)(H,14,15)(H2,10,12,13,16). The first-order valence-corrected chi connectivity index (χ1v) is 5.89. The number of aromatic amines is 1. The summed E-state index contributed by atoms with van der Waals surface area (Å²) in [4.78, 5) is 45.5. The highest BCUT2D eigenvalue weighted by Gasteiger charge is 2.08. The number of H-pyrrole nitrogens is 1. The Balaban J connectivity index is 2.21. The van der Waals surface area contributed by atoms with Gasteiger partial charge >= 0.3 is 16.9 Å². The fourth-order valence-electron chi connectivity index (χ4n) is 1.01. The molecule has 9 nitrogen and oxygen atoms in total. The van der Waals surface area contributed by atoms with E-state index < -0.39 is 31.1 Å². The Morgan fingerprint density at radius 2 is 2.11 bits per heavy atom. The smallest absolute Gasteiger partial charge is 0.329 e. The van der Waals surface area contributed by atoms with Crippen LogP contribution in [0.1, 0.15) is 5.69 Å². The third-order valence-electron chi connectivity index (χ3n) is 1.72. The number of hydrogen-bond acceptors (Lipinski definition) is 6. The van der Waals surface area contributed by atoms with Crippen LogP contribution in [0.25, 0.3) is 0 Å². The quantitative estimate of drug-likeness (QED) is 0.522. The van der Waals surface area contributed by atoms with Gasteiger partial charge in [0.05, 0.1) is 6.54 Å². The lowest BCUT2D eigenvalue weighted by atomic mass is 10.5. The minimum Gasteiger partial charge on any atom is -0.480 e. The number of nitrogens with one attached hydrogen (secondary N) is 3. The number of carboxylic acids is 1. The van der Waals surface area contributed by atoms with Crippen molar-refractivity contribution < 1.29 is 24.2 Å². The molecule has 1 aromatic heterocycles. The van der Waals surface area contributed by atoms with Gasteiger partial charge < -0.3 is 20.1 Å². The molecular weight excluding hydrogens is 278 g/mol. The van der Waals surface area contributed by atoms with E-state index in [-0.39, 0.29) is 11.4 Å². The fraction of sp³-hybridized carbons (Fsp3) is 0.333. The van der Waals surface area contributed by atoms with Crippen LogP contribution in [-0.4, -0.2) is 41.2 Å². The number of aliphatic carboxylic acids is 1. The molecule has 0 atom stereocenters. The molecule has 0 spiro atoms. The number of amides is 3. The molecule has 1 rings (SSSR count). The van der Waals surface area contributed by atoms with Crippen molar-refractivity contribution in [1.29, 1.82) is 0 Å². The average molecular weight is 289 g/mol. The molecule has 104 valence electrons. The zero-order valence-corrected chi connectivity index (χ0v) is 10.4. The molecule has 0 bridgehead atoms. The van der Waals surface area contributed by atoms with Crippen molar-refractivity contribution in [2.45, 2.75) is 6.54 Å². The van der Waals surface area contributed by atoms with Crippen molar-refractivity contribution in [1.82, 2.24) is 15.6 Å². The van der Waals surface area contributed by atoms with Crippen LogP contribution in [-0.2, 0) is 20.9 Å². The maximum atomic E-state index is 11.2. The van der Waals surface area contributed by atoms with E-state index in [1.165, 1.54) is 0 Å². The van der Waals surface area contributed by atoms with Gasteiger partial charge in [0.1, 0.15) is 13.2 Å².